The smallest absolute Gasteiger partial charge is 0.236 e. The molecular formula is C10H21N3O2. The van der Waals surface area contributed by atoms with Crippen LogP contribution in [0.2, 0.25) is 0 Å². The molecule has 0 aromatic carbocycles. The van der Waals surface area contributed by atoms with Gasteiger partial charge in [-0.1, -0.05) is 13.3 Å². The second-order valence-corrected chi connectivity index (χ2v) is 3.72. The zero-order chi connectivity index (χ0) is 11.8. The third kappa shape index (κ3) is 6.06. The van der Waals surface area contributed by atoms with E-state index in [9.17, 15) is 9.59 Å². The molecule has 0 aliphatic heterocycles. The molecule has 5 heteroatoms. The van der Waals surface area contributed by atoms with Gasteiger partial charge in [0.05, 0.1) is 6.04 Å². The van der Waals surface area contributed by atoms with Gasteiger partial charge in [-0.25, -0.2) is 0 Å². The lowest BCUT2D eigenvalue weighted by Gasteiger charge is -2.13. The number of nitrogens with two attached hydrogens (primary N) is 1. The molecule has 0 saturated carbocycles. The maximum Gasteiger partial charge on any atom is 0.236 e. The van der Waals surface area contributed by atoms with E-state index in [1.54, 1.807) is 14.1 Å². The minimum Gasteiger partial charge on any atom is -0.354 e. The molecule has 0 saturated heterocycles. The molecule has 0 rings (SSSR count). The molecule has 15 heavy (non-hydrogen) atoms. The topological polar surface area (TPSA) is 75.4 Å². The maximum absolute atomic E-state index is 11.3. The van der Waals surface area contributed by atoms with Crippen molar-refractivity contribution in [3.05, 3.63) is 0 Å². The quantitative estimate of drug-likeness (QED) is 0.639. The van der Waals surface area contributed by atoms with E-state index < -0.39 is 6.04 Å². The van der Waals surface area contributed by atoms with Crippen LogP contribution in [0, 0.1) is 0 Å². The van der Waals surface area contributed by atoms with Gasteiger partial charge in [0.1, 0.15) is 0 Å². The average molecular weight is 215 g/mol. The van der Waals surface area contributed by atoms with Crippen molar-refractivity contribution in [2.45, 2.75) is 32.2 Å². The van der Waals surface area contributed by atoms with Gasteiger partial charge >= 0.3 is 0 Å². The van der Waals surface area contributed by atoms with Gasteiger partial charge in [-0.2, -0.15) is 0 Å². The van der Waals surface area contributed by atoms with E-state index in [1.807, 2.05) is 6.92 Å². The first-order valence-corrected chi connectivity index (χ1v) is 5.22. The Balaban J connectivity index is 3.68. The van der Waals surface area contributed by atoms with E-state index in [0.717, 1.165) is 6.42 Å². The number of carbonyl (C=O) groups is 2. The maximum atomic E-state index is 11.3. The van der Waals surface area contributed by atoms with Crippen LogP contribution < -0.4 is 11.1 Å². The van der Waals surface area contributed by atoms with E-state index >= 15 is 0 Å². The Kier molecular flexibility index (Phi) is 6.70. The van der Waals surface area contributed by atoms with E-state index in [-0.39, 0.29) is 11.8 Å². The molecule has 0 aromatic heterocycles. The van der Waals surface area contributed by atoms with Crippen LogP contribution in [-0.2, 0) is 9.59 Å². The van der Waals surface area contributed by atoms with Crippen molar-refractivity contribution in [3.8, 4) is 0 Å². The molecule has 0 unspecified atom stereocenters. The van der Waals surface area contributed by atoms with Crippen LogP contribution in [0.3, 0.4) is 0 Å². The molecule has 0 fully saturated rings. The summed E-state index contributed by atoms with van der Waals surface area (Å²) in [5, 5.41) is 2.64. The summed E-state index contributed by atoms with van der Waals surface area (Å²) in [4.78, 5) is 24.0. The normalized spacial score (nSPS) is 12.0. The Labute approximate surface area is 91.0 Å². The molecule has 0 heterocycles. The van der Waals surface area contributed by atoms with E-state index in [1.165, 1.54) is 4.90 Å². The standard InChI is InChI=1S/C10H21N3O2/c1-4-5-8(11)10(15)12-7-6-9(14)13(2)3/h8H,4-7,11H2,1-3H3,(H,12,15)/t8-/m0/s1. The predicted octanol–water partition coefficient (Wildman–Crippen LogP) is -0.292. The highest BCUT2D eigenvalue weighted by Gasteiger charge is 2.12. The van der Waals surface area contributed by atoms with Gasteiger partial charge < -0.3 is 16.0 Å². The van der Waals surface area contributed by atoms with Crippen molar-refractivity contribution in [3.63, 3.8) is 0 Å². The molecule has 88 valence electrons. The second-order valence-electron chi connectivity index (χ2n) is 3.72. The van der Waals surface area contributed by atoms with Crippen LogP contribution >= 0.6 is 0 Å². The Morgan fingerprint density at radius 3 is 2.47 bits per heavy atom. The van der Waals surface area contributed by atoms with Crippen LogP contribution in [-0.4, -0.2) is 43.4 Å². The molecule has 3 N–H and O–H groups in total. The fourth-order valence-electron chi connectivity index (χ4n) is 1.09. The lowest BCUT2D eigenvalue weighted by atomic mass is 10.1. The van der Waals surface area contributed by atoms with Gasteiger partial charge in [0.15, 0.2) is 0 Å². The summed E-state index contributed by atoms with van der Waals surface area (Å²) in [6.07, 6.45) is 1.87. The molecule has 1 atom stereocenters. The molecule has 0 aliphatic rings. The number of hydrogen-bond acceptors (Lipinski definition) is 3. The van der Waals surface area contributed by atoms with Gasteiger partial charge in [0, 0.05) is 27.1 Å². The van der Waals surface area contributed by atoms with E-state index in [0.29, 0.717) is 19.4 Å². The SMILES string of the molecule is CCC[C@H](N)C(=O)NCCC(=O)N(C)C. The van der Waals surface area contributed by atoms with Crippen molar-refractivity contribution in [2.75, 3.05) is 20.6 Å². The number of hydrogen-bond donors (Lipinski definition) is 2. The largest absolute Gasteiger partial charge is 0.354 e. The lowest BCUT2D eigenvalue weighted by Crippen LogP contribution is -2.41. The van der Waals surface area contributed by atoms with Crippen molar-refractivity contribution < 1.29 is 9.59 Å². The number of carbonyl (C=O) groups excluding carboxylic acids is 2. The van der Waals surface area contributed by atoms with Crippen LogP contribution in [0.5, 0.6) is 0 Å². The summed E-state index contributed by atoms with van der Waals surface area (Å²) in [6.45, 7) is 2.33. The van der Waals surface area contributed by atoms with Crippen molar-refractivity contribution in [1.29, 1.82) is 0 Å². The molecule has 0 radical (unpaired) electrons. The Morgan fingerprint density at radius 2 is 2.00 bits per heavy atom. The number of nitrogens with zero attached hydrogens (tertiary/aromatic N) is 1. The van der Waals surface area contributed by atoms with E-state index in [2.05, 4.69) is 5.32 Å². The zero-order valence-corrected chi connectivity index (χ0v) is 9.75. The van der Waals surface area contributed by atoms with Gasteiger partial charge in [-0.15, -0.1) is 0 Å². The first-order valence-electron chi connectivity index (χ1n) is 5.22. The van der Waals surface area contributed by atoms with E-state index in [4.69, 9.17) is 5.73 Å². The van der Waals surface area contributed by atoms with Crippen LogP contribution in [0.4, 0.5) is 0 Å². The summed E-state index contributed by atoms with van der Waals surface area (Å²) in [7, 11) is 3.37. The van der Waals surface area contributed by atoms with Gasteiger partial charge in [-0.05, 0) is 6.42 Å². The first-order chi connectivity index (χ1) is 6.99. The fourth-order valence-corrected chi connectivity index (χ4v) is 1.09. The lowest BCUT2D eigenvalue weighted by molar-refractivity contribution is -0.128. The van der Waals surface area contributed by atoms with Gasteiger partial charge in [0.25, 0.3) is 0 Å². The number of rotatable bonds is 6. The Bertz CT molecular complexity index is 217. The van der Waals surface area contributed by atoms with Crippen molar-refractivity contribution >= 4 is 11.8 Å². The predicted molar refractivity (Wildman–Crippen MR) is 59.2 cm³/mol. The second kappa shape index (κ2) is 7.23. The third-order valence-corrected chi connectivity index (χ3v) is 2.07. The van der Waals surface area contributed by atoms with Crippen LogP contribution in [0.25, 0.3) is 0 Å². The third-order valence-electron chi connectivity index (χ3n) is 2.07. The number of amides is 2. The molecule has 2 amide bonds. The molecule has 0 bridgehead atoms. The fraction of sp³-hybridized carbons (Fsp3) is 0.800. The highest BCUT2D eigenvalue weighted by atomic mass is 16.2. The van der Waals surface area contributed by atoms with Gasteiger partial charge in [-0.3, -0.25) is 9.59 Å². The summed E-state index contributed by atoms with van der Waals surface area (Å²) >= 11 is 0. The first kappa shape index (κ1) is 13.9. The Hall–Kier alpha value is -1.10. The van der Waals surface area contributed by atoms with Crippen molar-refractivity contribution in [1.82, 2.24) is 10.2 Å². The highest BCUT2D eigenvalue weighted by Crippen LogP contribution is 1.93. The molecule has 0 aliphatic carbocycles. The average Bonchev–Trinajstić information content (AvgIpc) is 2.17. The minimum absolute atomic E-state index is 0.000590. The van der Waals surface area contributed by atoms with Crippen molar-refractivity contribution in [2.24, 2.45) is 5.73 Å². The summed E-state index contributed by atoms with van der Waals surface area (Å²) in [6, 6.07) is -0.454. The minimum atomic E-state index is -0.454. The number of nitrogens with one attached hydrogen (secondary N) is 1. The van der Waals surface area contributed by atoms with Crippen LogP contribution in [0.15, 0.2) is 0 Å². The molecular weight excluding hydrogens is 194 g/mol. The summed E-state index contributed by atoms with van der Waals surface area (Å²) in [5.41, 5.74) is 5.60. The zero-order valence-electron chi connectivity index (χ0n) is 9.75. The molecule has 5 nitrogen and oxygen atoms in total. The summed E-state index contributed by atoms with van der Waals surface area (Å²) < 4.78 is 0. The Morgan fingerprint density at radius 1 is 1.40 bits per heavy atom. The van der Waals surface area contributed by atoms with Gasteiger partial charge in [0.2, 0.25) is 11.8 Å². The monoisotopic (exact) mass is 215 g/mol. The molecule has 0 aromatic rings. The van der Waals surface area contributed by atoms with Crippen LogP contribution in [0.1, 0.15) is 26.2 Å². The summed E-state index contributed by atoms with van der Waals surface area (Å²) in [5.74, 6) is -0.178. The molecule has 0 spiro atoms. The highest BCUT2D eigenvalue weighted by molar-refractivity contribution is 5.82.